The van der Waals surface area contributed by atoms with Gasteiger partial charge in [0.1, 0.15) is 11.5 Å². The molecule has 0 aromatic heterocycles. The number of phenolic OH excluding ortho intramolecular Hbond substituents is 2. The van der Waals surface area contributed by atoms with Crippen molar-refractivity contribution in [1.29, 1.82) is 0 Å². The Kier molecular flexibility index (Phi) is 5.13. The van der Waals surface area contributed by atoms with Crippen LogP contribution in [0.2, 0.25) is 0 Å². The molecule has 4 aromatic carbocycles. The second-order valence-electron chi connectivity index (χ2n) is 6.10. The van der Waals surface area contributed by atoms with E-state index < -0.39 is 11.9 Å². The van der Waals surface area contributed by atoms with Crippen LogP contribution in [0.1, 0.15) is 20.7 Å². The van der Waals surface area contributed by atoms with Crippen LogP contribution in [0.15, 0.2) is 72.8 Å². The Balaban J connectivity index is 0.000000161. The smallest absolute Gasteiger partial charge is 0.335 e. The Bertz CT molecular complexity index is 1100. The summed E-state index contributed by atoms with van der Waals surface area (Å²) in [5.74, 6) is -1.53. The first kappa shape index (κ1) is 18.7. The number of hydrogen-bond acceptors (Lipinski definition) is 4. The van der Waals surface area contributed by atoms with Gasteiger partial charge in [0.05, 0.1) is 11.1 Å². The molecule has 4 rings (SSSR count). The maximum absolute atomic E-state index is 10.7. The average Bonchev–Trinajstić information content (AvgIpc) is 2.67. The molecule has 0 fully saturated rings. The number of benzene rings is 4. The van der Waals surface area contributed by atoms with E-state index in [1.807, 2.05) is 0 Å². The zero-order valence-electron chi connectivity index (χ0n) is 14.5. The molecule has 0 radical (unpaired) electrons. The fourth-order valence-electron chi connectivity index (χ4n) is 2.73. The van der Waals surface area contributed by atoms with Crippen molar-refractivity contribution in [2.75, 3.05) is 0 Å². The van der Waals surface area contributed by atoms with E-state index in [0.29, 0.717) is 0 Å². The maximum atomic E-state index is 10.7. The molecule has 6 heteroatoms. The fraction of sp³-hybridized carbons (Fsp3) is 0. The number of carbonyl (C=O) groups is 2. The van der Waals surface area contributed by atoms with E-state index in [4.69, 9.17) is 10.2 Å². The van der Waals surface area contributed by atoms with Crippen molar-refractivity contribution in [1.82, 2.24) is 0 Å². The molecule has 28 heavy (non-hydrogen) atoms. The minimum absolute atomic E-state index is 0.181. The number of hydrogen-bond donors (Lipinski definition) is 4. The molecule has 0 amide bonds. The summed E-state index contributed by atoms with van der Waals surface area (Å²) in [7, 11) is 0. The van der Waals surface area contributed by atoms with Crippen LogP contribution in [0, 0.1) is 0 Å². The molecule has 0 heterocycles. The maximum Gasteiger partial charge on any atom is 0.335 e. The van der Waals surface area contributed by atoms with Crippen molar-refractivity contribution in [3.8, 4) is 11.5 Å². The van der Waals surface area contributed by atoms with E-state index in [1.165, 1.54) is 24.3 Å². The van der Waals surface area contributed by atoms with Crippen LogP contribution in [0.25, 0.3) is 21.5 Å². The first-order valence-corrected chi connectivity index (χ1v) is 8.25. The minimum atomic E-state index is -0.944. The lowest BCUT2D eigenvalue weighted by Gasteiger charge is -2.00. The molecule has 140 valence electrons. The van der Waals surface area contributed by atoms with Crippen molar-refractivity contribution in [2.24, 2.45) is 0 Å². The lowest BCUT2D eigenvalue weighted by atomic mass is 10.1. The van der Waals surface area contributed by atoms with Crippen molar-refractivity contribution in [3.63, 3.8) is 0 Å². The van der Waals surface area contributed by atoms with Crippen molar-refractivity contribution in [3.05, 3.63) is 83.9 Å². The molecule has 0 bridgehead atoms. The Morgan fingerprint density at radius 1 is 0.500 bits per heavy atom. The Hall–Kier alpha value is -4.06. The quantitative estimate of drug-likeness (QED) is 0.410. The molecule has 4 N–H and O–H groups in total. The highest BCUT2D eigenvalue weighted by Gasteiger charge is 2.04. The van der Waals surface area contributed by atoms with Gasteiger partial charge in [-0.05, 0) is 70.1 Å². The number of rotatable bonds is 2. The predicted octanol–water partition coefficient (Wildman–Crippen LogP) is 4.49. The summed E-state index contributed by atoms with van der Waals surface area (Å²) in [6.45, 7) is 0. The topological polar surface area (TPSA) is 115 Å². The number of fused-ring (bicyclic) bond motifs is 2. The largest absolute Gasteiger partial charge is 0.508 e. The van der Waals surface area contributed by atoms with Crippen molar-refractivity contribution >= 4 is 33.5 Å². The Morgan fingerprint density at radius 2 is 0.821 bits per heavy atom. The summed E-state index contributed by atoms with van der Waals surface area (Å²) >= 11 is 0. The van der Waals surface area contributed by atoms with Gasteiger partial charge in [-0.3, -0.25) is 0 Å². The van der Waals surface area contributed by atoms with E-state index in [-0.39, 0.29) is 22.6 Å². The van der Waals surface area contributed by atoms with Gasteiger partial charge in [0.25, 0.3) is 0 Å². The Morgan fingerprint density at radius 3 is 1.18 bits per heavy atom. The van der Waals surface area contributed by atoms with E-state index in [1.54, 1.807) is 48.5 Å². The Labute approximate surface area is 159 Å². The molecule has 0 aliphatic rings. The molecule has 6 nitrogen and oxygen atoms in total. The zero-order valence-corrected chi connectivity index (χ0v) is 14.5. The molecule has 0 saturated carbocycles. The summed E-state index contributed by atoms with van der Waals surface area (Å²) in [6.07, 6.45) is 0. The lowest BCUT2D eigenvalue weighted by Crippen LogP contribution is -1.94. The molecule has 0 unspecified atom stereocenters. The highest BCUT2D eigenvalue weighted by Crippen LogP contribution is 2.22. The van der Waals surface area contributed by atoms with Crippen LogP contribution < -0.4 is 0 Å². The van der Waals surface area contributed by atoms with Gasteiger partial charge in [0.2, 0.25) is 0 Å². The van der Waals surface area contributed by atoms with Gasteiger partial charge in [-0.25, -0.2) is 9.59 Å². The molecular weight excluding hydrogens is 360 g/mol. The summed E-state index contributed by atoms with van der Waals surface area (Å²) < 4.78 is 0. The van der Waals surface area contributed by atoms with Gasteiger partial charge in [-0.15, -0.1) is 0 Å². The van der Waals surface area contributed by atoms with Crippen molar-refractivity contribution in [2.45, 2.75) is 0 Å². The molecule has 0 atom stereocenters. The van der Waals surface area contributed by atoms with Crippen LogP contribution in [0.3, 0.4) is 0 Å². The van der Waals surface area contributed by atoms with Gasteiger partial charge in [-0.1, -0.05) is 24.3 Å². The second kappa shape index (κ2) is 7.67. The number of aromatic carboxylic acids is 2. The SMILES string of the molecule is O=C(O)c1ccc2cc(O)ccc2c1.O=C(O)c1ccc2cc(O)ccc2c1. The third-order valence-electron chi connectivity index (χ3n) is 4.14. The van der Waals surface area contributed by atoms with E-state index in [2.05, 4.69) is 0 Å². The number of carboxylic acid groups (broad SMARTS) is 2. The highest BCUT2D eigenvalue weighted by molar-refractivity contribution is 5.95. The molecule has 0 aliphatic carbocycles. The highest BCUT2D eigenvalue weighted by atomic mass is 16.4. The van der Waals surface area contributed by atoms with Crippen LogP contribution in [-0.2, 0) is 0 Å². The van der Waals surface area contributed by atoms with Crippen LogP contribution in [0.4, 0.5) is 0 Å². The second-order valence-corrected chi connectivity index (χ2v) is 6.10. The van der Waals surface area contributed by atoms with Gasteiger partial charge < -0.3 is 20.4 Å². The van der Waals surface area contributed by atoms with Crippen LogP contribution >= 0.6 is 0 Å². The normalized spacial score (nSPS) is 10.3. The monoisotopic (exact) mass is 376 g/mol. The average molecular weight is 376 g/mol. The molecule has 0 spiro atoms. The third-order valence-corrected chi connectivity index (χ3v) is 4.14. The molecule has 0 aliphatic heterocycles. The number of aromatic hydroxyl groups is 2. The number of phenols is 2. The van der Waals surface area contributed by atoms with Gasteiger partial charge in [0.15, 0.2) is 0 Å². The predicted molar refractivity (Wildman–Crippen MR) is 105 cm³/mol. The van der Waals surface area contributed by atoms with Crippen LogP contribution in [0.5, 0.6) is 11.5 Å². The van der Waals surface area contributed by atoms with E-state index in [0.717, 1.165) is 21.5 Å². The molecular formula is C22H16O6. The van der Waals surface area contributed by atoms with E-state index in [9.17, 15) is 19.8 Å². The van der Waals surface area contributed by atoms with Crippen molar-refractivity contribution < 1.29 is 30.0 Å². The third kappa shape index (κ3) is 4.19. The summed E-state index contributed by atoms with van der Waals surface area (Å²) in [6, 6.07) is 19.2. The first-order valence-electron chi connectivity index (χ1n) is 8.25. The summed E-state index contributed by atoms with van der Waals surface area (Å²) in [4.78, 5) is 21.3. The number of carboxylic acids is 2. The lowest BCUT2D eigenvalue weighted by molar-refractivity contribution is 0.0686. The first-order chi connectivity index (χ1) is 13.3. The molecule has 4 aromatic rings. The van der Waals surface area contributed by atoms with Crippen LogP contribution in [-0.4, -0.2) is 32.4 Å². The zero-order chi connectivity index (χ0) is 20.3. The molecule has 0 saturated heterocycles. The van der Waals surface area contributed by atoms with Gasteiger partial charge >= 0.3 is 11.9 Å². The van der Waals surface area contributed by atoms with Gasteiger partial charge in [-0.2, -0.15) is 0 Å². The van der Waals surface area contributed by atoms with E-state index >= 15 is 0 Å². The summed E-state index contributed by atoms with van der Waals surface area (Å²) in [5, 5.41) is 39.2. The summed E-state index contributed by atoms with van der Waals surface area (Å²) in [5.41, 5.74) is 0.506. The fourth-order valence-corrected chi connectivity index (χ4v) is 2.73. The minimum Gasteiger partial charge on any atom is -0.508 e. The standard InChI is InChI=1S/2C11H8O3/c2*12-10-4-3-7-5-9(11(13)14)2-1-8(7)6-10/h2*1-6,12H,(H,13,14). The van der Waals surface area contributed by atoms with Gasteiger partial charge in [0, 0.05) is 0 Å².